The quantitative estimate of drug-likeness (QED) is 0.870. The van der Waals surface area contributed by atoms with Crippen molar-refractivity contribution in [3.8, 4) is 5.75 Å². The summed E-state index contributed by atoms with van der Waals surface area (Å²) in [6.07, 6.45) is 1.79. The molecule has 1 aromatic carbocycles. The molecule has 0 amide bonds. The van der Waals surface area contributed by atoms with Gasteiger partial charge in [0.25, 0.3) is 0 Å². The average Bonchev–Trinajstić information content (AvgIpc) is 2.79. The Bertz CT molecular complexity index is 493. The molecule has 2 N–H and O–H groups in total. The minimum absolute atomic E-state index is 0.307. The van der Waals surface area contributed by atoms with Gasteiger partial charge in [0, 0.05) is 24.3 Å². The Kier molecular flexibility index (Phi) is 4.33. The summed E-state index contributed by atoms with van der Waals surface area (Å²) in [4.78, 5) is 4.63. The van der Waals surface area contributed by atoms with Gasteiger partial charge < -0.3 is 10.4 Å². The van der Waals surface area contributed by atoms with Crippen molar-refractivity contribution in [3.63, 3.8) is 0 Å². The second-order valence-corrected chi connectivity index (χ2v) is 5.41. The van der Waals surface area contributed by atoms with Crippen molar-refractivity contribution in [2.75, 3.05) is 7.05 Å². The third kappa shape index (κ3) is 3.55. The van der Waals surface area contributed by atoms with E-state index in [9.17, 15) is 5.11 Å². The van der Waals surface area contributed by atoms with E-state index in [1.807, 2.05) is 19.2 Å². The van der Waals surface area contributed by atoms with Crippen LogP contribution in [0.4, 0.5) is 0 Å². The number of hydrogen-bond acceptors (Lipinski definition) is 4. The van der Waals surface area contributed by atoms with Crippen LogP contribution >= 0.6 is 11.3 Å². The summed E-state index contributed by atoms with van der Waals surface area (Å²) >= 11 is 1.70. The molecule has 2 rings (SSSR count). The smallest absolute Gasteiger partial charge is 0.115 e. The third-order valence-corrected chi connectivity index (χ3v) is 3.80. The summed E-state index contributed by atoms with van der Waals surface area (Å²) in [5.74, 6) is 0.307. The predicted octanol–water partition coefficient (Wildman–Crippen LogP) is 2.59. The Labute approximate surface area is 112 Å². The Morgan fingerprint density at radius 2 is 2.06 bits per heavy atom. The fourth-order valence-electron chi connectivity index (χ4n) is 1.73. The number of nitrogens with zero attached hydrogens (tertiary/aromatic N) is 1. The molecule has 1 aromatic heterocycles. The van der Waals surface area contributed by atoms with Crippen molar-refractivity contribution < 1.29 is 5.11 Å². The van der Waals surface area contributed by atoms with Crippen molar-refractivity contribution in [2.45, 2.75) is 25.8 Å². The molecule has 96 valence electrons. The van der Waals surface area contributed by atoms with Crippen LogP contribution in [0.3, 0.4) is 0 Å². The zero-order valence-electron chi connectivity index (χ0n) is 10.7. The summed E-state index contributed by atoms with van der Waals surface area (Å²) in [6.45, 7) is 2.15. The number of phenols is 1. The van der Waals surface area contributed by atoms with Gasteiger partial charge >= 0.3 is 0 Å². The minimum Gasteiger partial charge on any atom is -0.508 e. The third-order valence-electron chi connectivity index (χ3n) is 2.90. The Hall–Kier alpha value is -1.39. The van der Waals surface area contributed by atoms with Crippen LogP contribution in [0.25, 0.3) is 0 Å². The van der Waals surface area contributed by atoms with E-state index in [2.05, 4.69) is 22.6 Å². The molecule has 1 unspecified atom stereocenters. The van der Waals surface area contributed by atoms with Crippen LogP contribution in [0, 0.1) is 0 Å². The molecule has 0 radical (unpaired) electrons. The fourth-order valence-corrected chi connectivity index (χ4v) is 2.57. The lowest BCUT2D eigenvalue weighted by Gasteiger charge is -2.06. The average molecular weight is 262 g/mol. The molecular formula is C14H18N2OS. The molecule has 0 spiro atoms. The number of nitrogens with one attached hydrogen (secondary N) is 1. The Morgan fingerprint density at radius 1 is 1.33 bits per heavy atom. The van der Waals surface area contributed by atoms with Crippen molar-refractivity contribution in [1.29, 1.82) is 0 Å². The zero-order chi connectivity index (χ0) is 13.0. The van der Waals surface area contributed by atoms with Crippen LogP contribution in [-0.4, -0.2) is 23.2 Å². The van der Waals surface area contributed by atoms with E-state index in [4.69, 9.17) is 0 Å². The van der Waals surface area contributed by atoms with E-state index in [0.717, 1.165) is 23.5 Å². The number of thiazole rings is 1. The predicted molar refractivity (Wildman–Crippen MR) is 75.3 cm³/mol. The van der Waals surface area contributed by atoms with E-state index in [1.54, 1.807) is 23.5 Å². The van der Waals surface area contributed by atoms with Crippen molar-refractivity contribution in [3.05, 3.63) is 45.9 Å². The maximum atomic E-state index is 9.23. The largest absolute Gasteiger partial charge is 0.508 e. The molecule has 0 saturated heterocycles. The van der Waals surface area contributed by atoms with Gasteiger partial charge in [-0.2, -0.15) is 0 Å². The normalized spacial score (nSPS) is 12.6. The van der Waals surface area contributed by atoms with Gasteiger partial charge in [-0.25, -0.2) is 4.98 Å². The number of hydrogen-bond donors (Lipinski definition) is 2. The van der Waals surface area contributed by atoms with Crippen LogP contribution in [-0.2, 0) is 12.8 Å². The lowest BCUT2D eigenvalue weighted by Crippen LogP contribution is -2.23. The van der Waals surface area contributed by atoms with E-state index >= 15 is 0 Å². The van der Waals surface area contributed by atoms with Crippen LogP contribution in [0.5, 0.6) is 5.75 Å². The molecule has 1 heterocycles. The molecule has 3 nitrogen and oxygen atoms in total. The van der Waals surface area contributed by atoms with Gasteiger partial charge in [0.1, 0.15) is 5.75 Å². The van der Waals surface area contributed by atoms with Crippen molar-refractivity contribution in [2.24, 2.45) is 0 Å². The minimum atomic E-state index is 0.307. The van der Waals surface area contributed by atoms with E-state index in [-0.39, 0.29) is 0 Å². The number of aromatic hydroxyl groups is 1. The van der Waals surface area contributed by atoms with Gasteiger partial charge in [-0.15, -0.1) is 11.3 Å². The van der Waals surface area contributed by atoms with Gasteiger partial charge in [0.05, 0.1) is 10.7 Å². The maximum absolute atomic E-state index is 9.23. The van der Waals surface area contributed by atoms with Crippen molar-refractivity contribution >= 4 is 11.3 Å². The SMILES string of the molecule is CNC(C)Cc1csc(Cc2ccc(O)cc2)n1. The topological polar surface area (TPSA) is 45.1 Å². The van der Waals surface area contributed by atoms with E-state index in [0.29, 0.717) is 11.8 Å². The number of phenolic OH excluding ortho intramolecular Hbond substituents is 1. The Balaban J connectivity index is 2.00. The van der Waals surface area contributed by atoms with Gasteiger partial charge in [0.15, 0.2) is 0 Å². The first-order valence-electron chi connectivity index (χ1n) is 6.06. The highest BCUT2D eigenvalue weighted by molar-refractivity contribution is 7.09. The molecular weight excluding hydrogens is 244 g/mol. The zero-order valence-corrected chi connectivity index (χ0v) is 11.5. The lowest BCUT2D eigenvalue weighted by molar-refractivity contribution is 0.475. The van der Waals surface area contributed by atoms with Gasteiger partial charge in [0.2, 0.25) is 0 Å². The molecule has 4 heteroatoms. The monoisotopic (exact) mass is 262 g/mol. The number of aromatic nitrogens is 1. The second-order valence-electron chi connectivity index (χ2n) is 4.47. The molecule has 18 heavy (non-hydrogen) atoms. The highest BCUT2D eigenvalue weighted by atomic mass is 32.1. The second kappa shape index (κ2) is 5.98. The summed E-state index contributed by atoms with van der Waals surface area (Å²) in [6, 6.07) is 7.76. The summed E-state index contributed by atoms with van der Waals surface area (Å²) in [5.41, 5.74) is 2.32. The molecule has 2 aromatic rings. The van der Waals surface area contributed by atoms with E-state index < -0.39 is 0 Å². The number of rotatable bonds is 5. The van der Waals surface area contributed by atoms with Crippen LogP contribution in [0.15, 0.2) is 29.6 Å². The van der Waals surface area contributed by atoms with Gasteiger partial charge in [-0.1, -0.05) is 12.1 Å². The maximum Gasteiger partial charge on any atom is 0.115 e. The molecule has 0 saturated carbocycles. The number of benzene rings is 1. The molecule has 1 atom stereocenters. The van der Waals surface area contributed by atoms with Crippen LogP contribution in [0.2, 0.25) is 0 Å². The molecule has 0 aliphatic rings. The molecule has 0 aliphatic heterocycles. The number of likely N-dealkylation sites (N-methyl/N-ethyl adjacent to an activating group) is 1. The first-order chi connectivity index (χ1) is 8.67. The highest BCUT2D eigenvalue weighted by Crippen LogP contribution is 2.17. The summed E-state index contributed by atoms with van der Waals surface area (Å²) in [7, 11) is 1.97. The van der Waals surface area contributed by atoms with Crippen LogP contribution in [0.1, 0.15) is 23.2 Å². The van der Waals surface area contributed by atoms with Crippen molar-refractivity contribution in [1.82, 2.24) is 10.3 Å². The summed E-state index contributed by atoms with van der Waals surface area (Å²) < 4.78 is 0. The summed E-state index contributed by atoms with van der Waals surface area (Å²) in [5, 5.41) is 15.7. The standard InChI is InChI=1S/C14H18N2OS/c1-10(15-2)7-12-9-18-14(16-12)8-11-3-5-13(17)6-4-11/h3-6,9-10,15,17H,7-8H2,1-2H3. The Morgan fingerprint density at radius 3 is 2.72 bits per heavy atom. The lowest BCUT2D eigenvalue weighted by atomic mass is 10.1. The molecule has 0 aliphatic carbocycles. The van der Waals surface area contributed by atoms with Gasteiger partial charge in [-0.05, 0) is 31.7 Å². The highest BCUT2D eigenvalue weighted by Gasteiger charge is 2.06. The van der Waals surface area contributed by atoms with Gasteiger partial charge in [-0.3, -0.25) is 0 Å². The van der Waals surface area contributed by atoms with Crippen LogP contribution < -0.4 is 5.32 Å². The molecule has 0 bridgehead atoms. The fraction of sp³-hybridized carbons (Fsp3) is 0.357. The van der Waals surface area contributed by atoms with E-state index in [1.165, 1.54) is 5.56 Å². The first kappa shape index (κ1) is 13.1. The molecule has 0 fully saturated rings. The first-order valence-corrected chi connectivity index (χ1v) is 6.94.